The van der Waals surface area contributed by atoms with E-state index in [1.54, 1.807) is 13.0 Å². The second kappa shape index (κ2) is 6.89. The summed E-state index contributed by atoms with van der Waals surface area (Å²) in [6.45, 7) is 1.73. The molecule has 0 aliphatic heterocycles. The Morgan fingerprint density at radius 1 is 1.07 bits per heavy atom. The number of para-hydroxylation sites is 2. The number of nitrogens with zero attached hydrogens (tertiary/aromatic N) is 2. The fraction of sp³-hybridized carbons (Fsp3) is 0.286. The third-order valence-electron chi connectivity index (χ3n) is 4.95. The third kappa shape index (κ3) is 3.56. The standard InChI is InChI=1S/C21H17F3N2O2/c1-12-19(26-18-9-5-4-8-17(18)25-12)11-28-20(27)15-10-14(15)13-6-2-3-7-16(13)21(22,23)24/h2-9,14-15H,10-11H2,1H3/t14-,15-/m1/s1. The molecule has 0 unspecified atom stereocenters. The minimum absolute atomic E-state index is 0.0490. The lowest BCUT2D eigenvalue weighted by Crippen LogP contribution is -2.12. The molecule has 0 radical (unpaired) electrons. The summed E-state index contributed by atoms with van der Waals surface area (Å²) in [5, 5.41) is 0. The second-order valence-electron chi connectivity index (χ2n) is 6.89. The van der Waals surface area contributed by atoms with E-state index in [9.17, 15) is 18.0 Å². The molecule has 28 heavy (non-hydrogen) atoms. The smallest absolute Gasteiger partial charge is 0.416 e. The molecule has 144 valence electrons. The molecule has 1 aromatic heterocycles. The van der Waals surface area contributed by atoms with E-state index in [-0.39, 0.29) is 12.2 Å². The number of hydrogen-bond donors (Lipinski definition) is 0. The van der Waals surface area contributed by atoms with Crippen molar-refractivity contribution in [3.05, 3.63) is 71.0 Å². The Labute approximate surface area is 159 Å². The normalized spacial score (nSPS) is 18.9. The number of aryl methyl sites for hydroxylation is 1. The summed E-state index contributed by atoms with van der Waals surface area (Å²) in [7, 11) is 0. The van der Waals surface area contributed by atoms with E-state index < -0.39 is 29.5 Å². The van der Waals surface area contributed by atoms with Crippen molar-refractivity contribution in [1.82, 2.24) is 9.97 Å². The first-order chi connectivity index (χ1) is 13.3. The highest BCUT2D eigenvalue weighted by Gasteiger charge is 2.48. The summed E-state index contributed by atoms with van der Waals surface area (Å²) in [6.07, 6.45) is -4.08. The first-order valence-electron chi connectivity index (χ1n) is 8.89. The maximum atomic E-state index is 13.2. The highest BCUT2D eigenvalue weighted by Crippen LogP contribution is 2.51. The van der Waals surface area contributed by atoms with Gasteiger partial charge in [-0.05, 0) is 43.0 Å². The minimum Gasteiger partial charge on any atom is -0.459 e. The zero-order chi connectivity index (χ0) is 19.9. The summed E-state index contributed by atoms with van der Waals surface area (Å²) in [5.74, 6) is -1.53. The second-order valence-corrected chi connectivity index (χ2v) is 6.89. The van der Waals surface area contributed by atoms with Crippen molar-refractivity contribution in [2.24, 2.45) is 5.92 Å². The molecule has 1 aliphatic carbocycles. The molecular weight excluding hydrogens is 369 g/mol. The first kappa shape index (κ1) is 18.4. The van der Waals surface area contributed by atoms with Gasteiger partial charge in [0.1, 0.15) is 6.61 Å². The number of ether oxygens (including phenoxy) is 1. The van der Waals surface area contributed by atoms with Gasteiger partial charge in [-0.2, -0.15) is 13.2 Å². The van der Waals surface area contributed by atoms with Crippen molar-refractivity contribution >= 4 is 17.0 Å². The fourth-order valence-corrected chi connectivity index (χ4v) is 3.39. The van der Waals surface area contributed by atoms with Crippen molar-refractivity contribution in [3.63, 3.8) is 0 Å². The summed E-state index contributed by atoms with van der Waals surface area (Å²) < 4.78 is 44.9. The van der Waals surface area contributed by atoms with Crippen LogP contribution in [0, 0.1) is 12.8 Å². The van der Waals surface area contributed by atoms with E-state index in [0.717, 1.165) is 11.6 Å². The maximum absolute atomic E-state index is 13.2. The van der Waals surface area contributed by atoms with E-state index >= 15 is 0 Å². The van der Waals surface area contributed by atoms with Gasteiger partial charge in [0, 0.05) is 0 Å². The molecule has 1 saturated carbocycles. The van der Waals surface area contributed by atoms with Crippen molar-refractivity contribution < 1.29 is 22.7 Å². The predicted molar refractivity (Wildman–Crippen MR) is 96.4 cm³/mol. The molecule has 0 spiro atoms. The summed E-state index contributed by atoms with van der Waals surface area (Å²) in [4.78, 5) is 21.2. The molecule has 4 rings (SSSR count). The Kier molecular flexibility index (Phi) is 4.53. The molecule has 2 atom stereocenters. The van der Waals surface area contributed by atoms with Gasteiger partial charge in [0.15, 0.2) is 0 Å². The molecule has 1 aliphatic rings. The van der Waals surface area contributed by atoms with Crippen LogP contribution in [-0.4, -0.2) is 15.9 Å². The van der Waals surface area contributed by atoms with E-state index in [1.807, 2.05) is 24.3 Å². The zero-order valence-electron chi connectivity index (χ0n) is 15.0. The average Bonchev–Trinajstić information content (AvgIpc) is 3.46. The van der Waals surface area contributed by atoms with Gasteiger partial charge >= 0.3 is 12.1 Å². The lowest BCUT2D eigenvalue weighted by Gasteiger charge is -2.12. The van der Waals surface area contributed by atoms with Crippen LogP contribution >= 0.6 is 0 Å². The number of fused-ring (bicyclic) bond motifs is 1. The number of hydrogen-bond acceptors (Lipinski definition) is 4. The lowest BCUT2D eigenvalue weighted by atomic mass is 10.0. The van der Waals surface area contributed by atoms with E-state index in [2.05, 4.69) is 9.97 Å². The molecule has 0 saturated heterocycles. The van der Waals surface area contributed by atoms with Gasteiger partial charge in [-0.15, -0.1) is 0 Å². The zero-order valence-corrected chi connectivity index (χ0v) is 15.0. The number of benzene rings is 2. The maximum Gasteiger partial charge on any atom is 0.416 e. The molecular formula is C21H17F3N2O2. The van der Waals surface area contributed by atoms with Crippen LogP contribution in [0.1, 0.15) is 34.9 Å². The minimum atomic E-state index is -4.44. The van der Waals surface area contributed by atoms with Crippen LogP contribution in [0.25, 0.3) is 11.0 Å². The molecule has 0 N–H and O–H groups in total. The van der Waals surface area contributed by atoms with E-state index in [0.29, 0.717) is 23.3 Å². The Morgan fingerprint density at radius 2 is 1.71 bits per heavy atom. The van der Waals surface area contributed by atoms with Crippen molar-refractivity contribution in [1.29, 1.82) is 0 Å². The molecule has 1 fully saturated rings. The van der Waals surface area contributed by atoms with Gasteiger partial charge in [-0.25, -0.2) is 9.97 Å². The monoisotopic (exact) mass is 386 g/mol. The molecule has 4 nitrogen and oxygen atoms in total. The van der Waals surface area contributed by atoms with Gasteiger partial charge < -0.3 is 4.74 Å². The Hall–Kier alpha value is -2.96. The van der Waals surface area contributed by atoms with Gasteiger partial charge in [0.2, 0.25) is 0 Å². The topological polar surface area (TPSA) is 52.1 Å². The van der Waals surface area contributed by atoms with Gasteiger partial charge in [-0.1, -0.05) is 30.3 Å². The summed E-state index contributed by atoms with van der Waals surface area (Å²) in [6, 6.07) is 12.7. The average molecular weight is 386 g/mol. The van der Waals surface area contributed by atoms with Crippen LogP contribution in [0.3, 0.4) is 0 Å². The number of alkyl halides is 3. The van der Waals surface area contributed by atoms with E-state index in [4.69, 9.17) is 4.74 Å². The number of carbonyl (C=O) groups excluding carboxylic acids is 1. The Morgan fingerprint density at radius 3 is 2.43 bits per heavy atom. The van der Waals surface area contributed by atoms with Crippen molar-refractivity contribution in [2.45, 2.75) is 32.0 Å². The number of aromatic nitrogens is 2. The van der Waals surface area contributed by atoms with Gasteiger partial charge in [0.25, 0.3) is 0 Å². The first-order valence-corrected chi connectivity index (χ1v) is 8.89. The summed E-state index contributed by atoms with van der Waals surface area (Å²) >= 11 is 0. The fourth-order valence-electron chi connectivity index (χ4n) is 3.39. The number of carbonyl (C=O) groups is 1. The molecule has 3 aromatic rings. The third-order valence-corrected chi connectivity index (χ3v) is 4.95. The lowest BCUT2D eigenvalue weighted by molar-refractivity contribution is -0.147. The predicted octanol–water partition coefficient (Wildman–Crippen LogP) is 4.80. The number of esters is 1. The van der Waals surface area contributed by atoms with Crippen molar-refractivity contribution in [2.75, 3.05) is 0 Å². The van der Waals surface area contributed by atoms with Crippen molar-refractivity contribution in [3.8, 4) is 0 Å². The summed E-state index contributed by atoms with van der Waals surface area (Å²) in [5.41, 5.74) is 2.11. The molecule has 0 bridgehead atoms. The Bertz CT molecular complexity index is 1050. The highest BCUT2D eigenvalue weighted by atomic mass is 19.4. The van der Waals surface area contributed by atoms with Crippen LogP contribution in [-0.2, 0) is 22.3 Å². The molecule has 7 heteroatoms. The number of rotatable bonds is 4. The van der Waals surface area contributed by atoms with Gasteiger partial charge in [-0.3, -0.25) is 4.79 Å². The van der Waals surface area contributed by atoms with Crippen LogP contribution < -0.4 is 0 Å². The molecule has 1 heterocycles. The SMILES string of the molecule is Cc1nc2ccccc2nc1COC(=O)[C@@H]1C[C@@H]1c1ccccc1C(F)(F)F. The molecule has 2 aromatic carbocycles. The van der Waals surface area contributed by atoms with Crippen LogP contribution in [0.2, 0.25) is 0 Å². The van der Waals surface area contributed by atoms with Crippen LogP contribution in [0.15, 0.2) is 48.5 Å². The van der Waals surface area contributed by atoms with Gasteiger partial charge in [0.05, 0.1) is 33.9 Å². The van der Waals surface area contributed by atoms with Crippen LogP contribution in [0.5, 0.6) is 0 Å². The molecule has 0 amide bonds. The quantitative estimate of drug-likeness (QED) is 0.604. The Balaban J connectivity index is 1.45. The van der Waals surface area contributed by atoms with E-state index in [1.165, 1.54) is 12.1 Å². The highest BCUT2D eigenvalue weighted by molar-refractivity contribution is 5.78. The van der Waals surface area contributed by atoms with Crippen LogP contribution in [0.4, 0.5) is 13.2 Å². The number of halogens is 3. The largest absolute Gasteiger partial charge is 0.459 e.